The number of likely N-dealkylation sites (N-methyl/N-ethyl adjacent to an activating group) is 3. The Morgan fingerprint density at radius 3 is 1.40 bits per heavy atom. The van der Waals surface area contributed by atoms with Crippen molar-refractivity contribution in [3.05, 3.63) is 168 Å². The molecule has 4 fully saturated rings. The maximum atomic E-state index is 15.0. The number of aromatic nitrogens is 6. The fourth-order valence-electron chi connectivity index (χ4n) is 16.6. The summed E-state index contributed by atoms with van der Waals surface area (Å²) in [5.74, 6) is 2.48. The van der Waals surface area contributed by atoms with Crippen LogP contribution in [0.5, 0.6) is 35.3 Å². The Morgan fingerprint density at radius 2 is 0.949 bits per heavy atom. The van der Waals surface area contributed by atoms with Crippen molar-refractivity contribution in [1.29, 1.82) is 0 Å². The molecule has 3 N–H and O–H groups in total. The number of anilines is 6. The molecule has 0 bridgehead atoms. The summed E-state index contributed by atoms with van der Waals surface area (Å²) in [5.41, 5.74) is 8.60. The zero-order valence-electron chi connectivity index (χ0n) is 69.0. The van der Waals surface area contributed by atoms with Crippen LogP contribution in [-0.2, 0) is 53.3 Å². The number of ether oxygens (including phenoxy) is 3. The second-order valence-electron chi connectivity index (χ2n) is 31.5. The minimum atomic E-state index is -0.424. The van der Waals surface area contributed by atoms with E-state index in [4.69, 9.17) is 44.1 Å². The number of halogens is 1. The van der Waals surface area contributed by atoms with Crippen molar-refractivity contribution in [2.75, 3.05) is 221 Å². The Hall–Kier alpha value is -11.1. The molecule has 5 aromatic carbocycles. The quantitative estimate of drug-likeness (QED) is 0.0378. The van der Waals surface area contributed by atoms with E-state index in [0.717, 1.165) is 169 Å². The second-order valence-corrected chi connectivity index (χ2v) is 31.5. The Morgan fingerprint density at radius 1 is 0.521 bits per heavy atom. The van der Waals surface area contributed by atoms with E-state index in [1.807, 2.05) is 95.2 Å². The van der Waals surface area contributed by atoms with Gasteiger partial charge in [-0.2, -0.15) is 29.9 Å². The average molecular weight is 1600 g/mol. The molecule has 0 saturated carbocycles. The summed E-state index contributed by atoms with van der Waals surface area (Å²) >= 11 is 0. The van der Waals surface area contributed by atoms with Gasteiger partial charge in [-0.1, -0.05) is 81.3 Å². The topological polar surface area (TPSA) is 259 Å². The van der Waals surface area contributed by atoms with Crippen molar-refractivity contribution in [3.8, 4) is 35.3 Å². The number of aryl methyl sites for hydroxylation is 1. The van der Waals surface area contributed by atoms with Crippen LogP contribution in [0.15, 0.2) is 123 Å². The van der Waals surface area contributed by atoms with Crippen LogP contribution >= 0.6 is 0 Å². The second kappa shape index (κ2) is 38.7. The Labute approximate surface area is 686 Å². The zero-order valence-corrected chi connectivity index (χ0v) is 69.0. The van der Waals surface area contributed by atoms with Gasteiger partial charge in [0.25, 0.3) is 0 Å². The summed E-state index contributed by atoms with van der Waals surface area (Å²) in [5, 5.41) is 35.6. The smallest absolute Gasteiger partial charge is 0.318 e. The molecule has 0 unspecified atom stereocenters. The molecule has 1 atom stereocenters. The molecular formula is C88H114FN19O9. The fraction of sp³-hybridized carbons (Fsp3) is 0.466. The molecule has 7 aliphatic heterocycles. The van der Waals surface area contributed by atoms with E-state index < -0.39 is 5.82 Å². The molecule has 0 aliphatic carbocycles. The average Bonchev–Trinajstić information content (AvgIpc) is 0.776. The molecule has 622 valence electrons. The number of benzene rings is 5. The van der Waals surface area contributed by atoms with E-state index in [1.54, 1.807) is 24.0 Å². The lowest BCUT2D eigenvalue weighted by atomic mass is 10.0. The van der Waals surface area contributed by atoms with Crippen molar-refractivity contribution >= 4 is 73.8 Å². The number of hydrogen-bond donors (Lipinski definition) is 3. The fourth-order valence-corrected chi connectivity index (χ4v) is 16.6. The highest BCUT2D eigenvalue weighted by Crippen LogP contribution is 2.41. The molecule has 3 aromatic heterocycles. The first-order valence-corrected chi connectivity index (χ1v) is 41.1. The number of aromatic hydroxyl groups is 3. The highest BCUT2D eigenvalue weighted by Gasteiger charge is 2.35. The standard InChI is InChI=1S/C32H41N7O3.C30H38N6O3.C26H35FN6O3/c1-3-30(41)37-16-18-38(19-17-37)31-27-9-11-39(29-22-25(40)21-24-7-4-5-8-26(24)29)23-28(27)33-32(34-31)42-20-6-10-36-14-12-35(2)13-15-36;1-4-11-33(3)17-18-39-30-31-26-21-36(27-20-23(37)19-22-8-6-7-9-24(22)27)12-10-25(26)29(32-30)35-15-13-34(14-16-35)28(38)5-2;1-6-22(35)31-11-13-32(14-12-31)25-19-9-10-33(24-21(34)8-7-17(2)23(24)27)16-20(19)28-26(29-25)36-18(3)15-30(4)5/h3-5,7-8,21-22,40H,1,6,9-20,23H2,2H3;5-9,19-20,37H,2,4,10-18,21H2,1,3H3;6-8,18,34H,1,9-16H2,2-5H3/t;;18-/m..1/s1. The molecule has 7 aliphatic rings. The van der Waals surface area contributed by atoms with E-state index in [-0.39, 0.29) is 52.8 Å². The SMILES string of the molecule is C=CC(=O)N1CCN(c2nc(OCCCN3CCN(C)CC3)nc3c2CCN(c2cc(O)cc4ccccc24)C3)CC1.C=CC(=O)N1CCN(c2nc(OCCN(C)CCC)nc3c2CCN(c2cc(O)cc4ccccc24)C3)CC1.C=CC(=O)N1CCN(c2nc(O[C@H](C)CN(C)C)nc3c2CCN(c2c(O)ccc(C)c2F)C3)CC1. The number of fused-ring (bicyclic) bond motifs is 5. The number of nitrogens with zero attached hydrogens (tertiary/aromatic N) is 19. The molecule has 28 nitrogen and oxygen atoms in total. The third kappa shape index (κ3) is 20.5. The van der Waals surface area contributed by atoms with Gasteiger partial charge in [0, 0.05) is 195 Å². The van der Waals surface area contributed by atoms with Crippen LogP contribution in [0, 0.1) is 12.7 Å². The maximum absolute atomic E-state index is 15.0. The minimum absolute atomic E-state index is 0.0299. The Kier molecular flexibility index (Phi) is 27.7. The summed E-state index contributed by atoms with van der Waals surface area (Å²) in [4.78, 5) is 93.2. The summed E-state index contributed by atoms with van der Waals surface area (Å²) in [6.45, 7) is 37.0. The van der Waals surface area contributed by atoms with Gasteiger partial charge in [-0.3, -0.25) is 14.4 Å². The lowest BCUT2D eigenvalue weighted by Gasteiger charge is -2.38. The molecule has 0 spiro atoms. The lowest BCUT2D eigenvalue weighted by molar-refractivity contribution is -0.127. The van der Waals surface area contributed by atoms with Crippen LogP contribution in [0.25, 0.3) is 21.5 Å². The Balaban J connectivity index is 0.000000153. The summed E-state index contributed by atoms with van der Waals surface area (Å²) in [6, 6.07) is 27.8. The van der Waals surface area contributed by atoms with Gasteiger partial charge in [0.05, 0.1) is 43.3 Å². The highest BCUT2D eigenvalue weighted by molar-refractivity contribution is 5.97. The first-order chi connectivity index (χ1) is 56.6. The van der Waals surface area contributed by atoms with Crippen LogP contribution < -0.4 is 43.6 Å². The maximum Gasteiger partial charge on any atom is 0.318 e. The van der Waals surface area contributed by atoms with E-state index in [9.17, 15) is 34.1 Å². The van der Waals surface area contributed by atoms with Gasteiger partial charge in [0.1, 0.15) is 53.1 Å². The van der Waals surface area contributed by atoms with E-state index in [1.165, 1.54) is 24.3 Å². The van der Waals surface area contributed by atoms with Crippen LogP contribution in [0.1, 0.15) is 66.0 Å². The predicted molar refractivity (Wildman–Crippen MR) is 457 cm³/mol. The number of rotatable bonds is 24. The van der Waals surface area contributed by atoms with Crippen LogP contribution in [0.2, 0.25) is 0 Å². The van der Waals surface area contributed by atoms with Crippen molar-refractivity contribution in [1.82, 2.24) is 64.2 Å². The summed E-state index contributed by atoms with van der Waals surface area (Å²) < 4.78 is 33.4. The first kappa shape index (κ1) is 83.8. The van der Waals surface area contributed by atoms with E-state index in [0.29, 0.717) is 148 Å². The predicted octanol–water partition coefficient (Wildman–Crippen LogP) is 8.56. The van der Waals surface area contributed by atoms with Gasteiger partial charge in [-0.25, -0.2) is 4.39 Å². The van der Waals surface area contributed by atoms with Gasteiger partial charge >= 0.3 is 18.0 Å². The first-order valence-electron chi connectivity index (χ1n) is 41.1. The normalized spacial score (nSPS) is 16.9. The molecule has 8 aromatic rings. The number of phenols is 3. The number of hydrogen-bond acceptors (Lipinski definition) is 25. The van der Waals surface area contributed by atoms with Crippen molar-refractivity contribution < 1.29 is 48.3 Å². The Bertz CT molecular complexity index is 4850. The van der Waals surface area contributed by atoms with Gasteiger partial charge in [0.2, 0.25) is 17.7 Å². The summed E-state index contributed by atoms with van der Waals surface area (Å²) in [6.07, 6.45) is 8.14. The lowest BCUT2D eigenvalue weighted by Crippen LogP contribution is -2.49. The number of phenolic OH excluding ortho intramolecular Hbond substituents is 3. The van der Waals surface area contributed by atoms with Crippen molar-refractivity contribution in [2.24, 2.45) is 0 Å². The minimum Gasteiger partial charge on any atom is -0.508 e. The molecule has 15 rings (SSSR count). The van der Waals surface area contributed by atoms with E-state index >= 15 is 0 Å². The number of piperazine rings is 4. The third-order valence-corrected chi connectivity index (χ3v) is 22.9. The largest absolute Gasteiger partial charge is 0.508 e. The van der Waals surface area contributed by atoms with Crippen LogP contribution in [0.3, 0.4) is 0 Å². The highest BCUT2D eigenvalue weighted by atomic mass is 19.1. The van der Waals surface area contributed by atoms with Crippen molar-refractivity contribution in [3.63, 3.8) is 0 Å². The molecule has 0 radical (unpaired) electrons. The zero-order chi connectivity index (χ0) is 82.4. The van der Waals surface area contributed by atoms with Gasteiger partial charge < -0.3 is 93.2 Å². The van der Waals surface area contributed by atoms with Crippen LogP contribution in [-0.4, -0.2) is 295 Å². The van der Waals surface area contributed by atoms with Crippen LogP contribution in [0.4, 0.5) is 38.9 Å². The number of carbonyl (C=O) groups is 3. The third-order valence-electron chi connectivity index (χ3n) is 22.9. The number of carbonyl (C=O) groups excluding carboxylic acids is 3. The van der Waals surface area contributed by atoms with Gasteiger partial charge in [-0.05, 0) is 133 Å². The van der Waals surface area contributed by atoms with Gasteiger partial charge in [0.15, 0.2) is 5.82 Å². The molecule has 10 heterocycles. The molecule has 3 amide bonds. The van der Waals surface area contributed by atoms with Crippen molar-refractivity contribution in [2.45, 2.75) is 78.6 Å². The monoisotopic (exact) mass is 1600 g/mol. The molecule has 4 saturated heterocycles. The van der Waals surface area contributed by atoms with Gasteiger partial charge in [-0.15, -0.1) is 0 Å². The summed E-state index contributed by atoms with van der Waals surface area (Å²) in [7, 11) is 8.22. The van der Waals surface area contributed by atoms with E-state index in [2.05, 4.69) is 92.1 Å². The molecule has 117 heavy (non-hydrogen) atoms. The molecule has 29 heteroatoms. The number of amides is 3. The molecular weight excluding hydrogens is 1490 g/mol.